The third kappa shape index (κ3) is 6.48. The van der Waals surface area contributed by atoms with Crippen LogP contribution in [0.15, 0.2) is 30.3 Å². The summed E-state index contributed by atoms with van der Waals surface area (Å²) < 4.78 is 5.13. The van der Waals surface area contributed by atoms with Crippen molar-refractivity contribution in [3.8, 4) is 0 Å². The second-order valence-corrected chi connectivity index (χ2v) is 4.65. The summed E-state index contributed by atoms with van der Waals surface area (Å²) in [5, 5.41) is 32.1. The van der Waals surface area contributed by atoms with Crippen LogP contribution in [0.25, 0.3) is 0 Å². The van der Waals surface area contributed by atoms with E-state index in [0.717, 1.165) is 10.6 Å². The van der Waals surface area contributed by atoms with Gasteiger partial charge in [0.15, 0.2) is 0 Å². The van der Waals surface area contributed by atoms with E-state index < -0.39 is 24.7 Å². The summed E-state index contributed by atoms with van der Waals surface area (Å²) in [6.45, 7) is 0.127. The minimum Gasteiger partial charge on any atom is -0.480 e. The maximum atomic E-state index is 11.2. The number of hydroxylamine groups is 2. The van der Waals surface area contributed by atoms with Gasteiger partial charge in [-0.25, -0.2) is 0 Å². The molecule has 0 aliphatic heterocycles. The lowest BCUT2D eigenvalue weighted by Crippen LogP contribution is -2.48. The molecule has 0 saturated heterocycles. The van der Waals surface area contributed by atoms with Crippen LogP contribution in [0.1, 0.15) is 12.0 Å². The largest absolute Gasteiger partial charge is 0.480 e. The van der Waals surface area contributed by atoms with Gasteiger partial charge in [-0.2, -0.15) is 5.06 Å². The maximum absolute atomic E-state index is 11.2. The van der Waals surface area contributed by atoms with Gasteiger partial charge in [-0.3, -0.25) is 10.1 Å². The van der Waals surface area contributed by atoms with Gasteiger partial charge in [-0.1, -0.05) is 30.3 Å². The molecule has 8 nitrogen and oxygen atoms in total. The highest BCUT2D eigenvalue weighted by Crippen LogP contribution is 2.06. The Hall–Kier alpha value is -1.55. The zero-order valence-corrected chi connectivity index (χ0v) is 12.5. The first-order chi connectivity index (χ1) is 10.4. The Kier molecular flexibility index (Phi) is 7.96. The fourth-order valence-electron chi connectivity index (χ4n) is 1.69. The lowest BCUT2D eigenvalue weighted by molar-refractivity contribution is -0.210. The molecule has 0 radical (unpaired) electrons. The van der Waals surface area contributed by atoms with E-state index in [1.54, 1.807) is 0 Å². The second kappa shape index (κ2) is 9.46. The van der Waals surface area contributed by atoms with Crippen molar-refractivity contribution in [1.82, 2.24) is 10.4 Å². The number of aliphatic carboxylic acids is 1. The molecular weight excluding hydrogens is 292 g/mol. The highest BCUT2D eigenvalue weighted by atomic mass is 16.7. The molecule has 0 heterocycles. The van der Waals surface area contributed by atoms with Gasteiger partial charge in [0.25, 0.3) is 0 Å². The lowest BCUT2D eigenvalue weighted by atomic mass is 10.2. The normalized spacial score (nSPS) is 15.5. The van der Waals surface area contributed by atoms with Gasteiger partial charge in [0, 0.05) is 13.5 Å². The molecule has 8 heteroatoms. The predicted octanol–water partition coefficient (Wildman–Crippen LogP) is -0.276. The van der Waals surface area contributed by atoms with Crippen molar-refractivity contribution in [1.29, 1.82) is 0 Å². The average molecular weight is 314 g/mol. The van der Waals surface area contributed by atoms with Gasteiger partial charge < -0.3 is 24.9 Å². The van der Waals surface area contributed by atoms with Gasteiger partial charge in [0.2, 0.25) is 6.41 Å². The summed E-state index contributed by atoms with van der Waals surface area (Å²) in [4.78, 5) is 15.9. The first-order valence-corrected chi connectivity index (χ1v) is 6.71. The molecule has 0 amide bonds. The van der Waals surface area contributed by atoms with Crippen LogP contribution in [0, 0.1) is 0 Å². The number of carbonyl (C=O) groups is 1. The fourth-order valence-corrected chi connectivity index (χ4v) is 1.69. The Morgan fingerprint density at radius 2 is 1.95 bits per heavy atom. The molecule has 0 bridgehead atoms. The number of carboxylic acids is 1. The average Bonchev–Trinajstić information content (AvgIpc) is 2.52. The third-order valence-corrected chi connectivity index (χ3v) is 3.05. The molecule has 1 aromatic rings. The summed E-state index contributed by atoms with van der Waals surface area (Å²) >= 11 is 0. The van der Waals surface area contributed by atoms with Gasteiger partial charge in [-0.05, 0) is 5.56 Å². The summed E-state index contributed by atoms with van der Waals surface area (Å²) in [5.74, 6) is -1.22. The van der Waals surface area contributed by atoms with Crippen LogP contribution in [-0.2, 0) is 21.0 Å². The Morgan fingerprint density at radius 1 is 1.32 bits per heavy atom. The number of carboxylic acid groups (broad SMARTS) is 1. The maximum Gasteiger partial charge on any atom is 0.321 e. The van der Waals surface area contributed by atoms with E-state index in [1.807, 2.05) is 30.3 Å². The number of aliphatic hydroxyl groups is 2. The lowest BCUT2D eigenvalue weighted by Gasteiger charge is -2.25. The van der Waals surface area contributed by atoms with Crippen LogP contribution >= 0.6 is 0 Å². The second-order valence-electron chi connectivity index (χ2n) is 4.65. The van der Waals surface area contributed by atoms with Gasteiger partial charge in [0.05, 0.1) is 13.7 Å². The monoisotopic (exact) mass is 314 g/mol. The third-order valence-electron chi connectivity index (χ3n) is 3.05. The molecule has 1 unspecified atom stereocenters. The van der Waals surface area contributed by atoms with Crippen molar-refractivity contribution in [2.24, 2.45) is 0 Å². The van der Waals surface area contributed by atoms with Gasteiger partial charge in [0.1, 0.15) is 12.3 Å². The Bertz CT molecular complexity index is 444. The molecule has 1 rings (SSSR count). The number of hydrogen-bond acceptors (Lipinski definition) is 7. The molecule has 1 aromatic carbocycles. The van der Waals surface area contributed by atoms with Crippen LogP contribution in [-0.4, -0.2) is 59.2 Å². The van der Waals surface area contributed by atoms with Crippen molar-refractivity contribution in [3.63, 3.8) is 0 Å². The van der Waals surface area contributed by atoms with Crippen LogP contribution in [0.3, 0.4) is 0 Å². The summed E-state index contributed by atoms with van der Waals surface area (Å²) in [6, 6.07) is 7.95. The molecule has 0 aromatic heterocycles. The summed E-state index contributed by atoms with van der Waals surface area (Å²) in [5.41, 5.74) is 0.842. The van der Waals surface area contributed by atoms with Gasteiger partial charge in [-0.15, -0.1) is 0 Å². The SMILES string of the molecule is CON(C)[C@@H](O)CC(N[C@@H](O)OCc1ccccc1)C(=O)O. The summed E-state index contributed by atoms with van der Waals surface area (Å²) in [6.07, 6.45) is -2.80. The number of rotatable bonds is 10. The Labute approximate surface area is 128 Å². The standard InChI is InChI=1S/C14H22N2O6/c1-16(21-2)12(17)8-11(13(18)19)15-14(20)22-9-10-6-4-3-5-7-10/h3-7,11-12,14-15,17,20H,8-9H2,1-2H3,(H,18,19)/t11?,12-,14-/m0/s1. The molecule has 22 heavy (non-hydrogen) atoms. The molecule has 4 N–H and O–H groups in total. The molecule has 0 saturated carbocycles. The van der Waals surface area contributed by atoms with Crippen molar-refractivity contribution >= 4 is 5.97 Å². The fraction of sp³-hybridized carbons (Fsp3) is 0.500. The smallest absolute Gasteiger partial charge is 0.321 e. The van der Waals surface area contributed by atoms with E-state index >= 15 is 0 Å². The molecule has 0 spiro atoms. The highest BCUT2D eigenvalue weighted by molar-refractivity contribution is 5.73. The van der Waals surface area contributed by atoms with E-state index in [9.17, 15) is 15.0 Å². The quantitative estimate of drug-likeness (QED) is 0.345. The van der Waals surface area contributed by atoms with Crippen LogP contribution in [0.2, 0.25) is 0 Å². The molecule has 0 aliphatic carbocycles. The van der Waals surface area contributed by atoms with Crippen LogP contribution in [0.5, 0.6) is 0 Å². The van der Waals surface area contributed by atoms with Crippen LogP contribution in [0.4, 0.5) is 0 Å². The van der Waals surface area contributed by atoms with Crippen molar-refractivity contribution in [2.45, 2.75) is 31.7 Å². The minimum atomic E-state index is -1.47. The number of aliphatic hydroxyl groups excluding tert-OH is 2. The van der Waals surface area contributed by atoms with E-state index in [-0.39, 0.29) is 13.0 Å². The number of hydrogen-bond donors (Lipinski definition) is 4. The number of ether oxygens (including phenoxy) is 1. The first kappa shape index (κ1) is 18.5. The molecular formula is C14H22N2O6. The Morgan fingerprint density at radius 3 is 2.50 bits per heavy atom. The number of benzene rings is 1. The molecule has 0 aliphatic rings. The number of nitrogens with one attached hydrogen (secondary N) is 1. The van der Waals surface area contributed by atoms with Crippen LogP contribution < -0.4 is 5.32 Å². The summed E-state index contributed by atoms with van der Waals surface area (Å²) in [7, 11) is 2.82. The first-order valence-electron chi connectivity index (χ1n) is 6.71. The van der Waals surface area contributed by atoms with E-state index in [4.69, 9.17) is 14.7 Å². The van der Waals surface area contributed by atoms with Crippen molar-refractivity contribution in [3.05, 3.63) is 35.9 Å². The Balaban J connectivity index is 2.46. The van der Waals surface area contributed by atoms with Crippen molar-refractivity contribution in [2.75, 3.05) is 14.2 Å². The van der Waals surface area contributed by atoms with Crippen molar-refractivity contribution < 1.29 is 29.7 Å². The van der Waals surface area contributed by atoms with E-state index in [2.05, 4.69) is 5.32 Å². The predicted molar refractivity (Wildman–Crippen MR) is 77.2 cm³/mol. The topological polar surface area (TPSA) is 111 Å². The minimum absolute atomic E-state index is 0.127. The zero-order chi connectivity index (χ0) is 16.5. The number of nitrogens with zero attached hydrogens (tertiary/aromatic N) is 1. The van der Waals surface area contributed by atoms with Gasteiger partial charge >= 0.3 is 5.97 Å². The highest BCUT2D eigenvalue weighted by Gasteiger charge is 2.26. The zero-order valence-electron chi connectivity index (χ0n) is 12.5. The van der Waals surface area contributed by atoms with E-state index in [1.165, 1.54) is 14.2 Å². The van der Waals surface area contributed by atoms with E-state index in [0.29, 0.717) is 0 Å². The molecule has 124 valence electrons. The molecule has 3 atom stereocenters. The molecule has 0 fully saturated rings.